The minimum absolute atomic E-state index is 0.0547. The van der Waals surface area contributed by atoms with Crippen LogP contribution in [0.3, 0.4) is 0 Å². The van der Waals surface area contributed by atoms with Gasteiger partial charge in [-0.3, -0.25) is 4.18 Å². The molecule has 0 spiro atoms. The van der Waals surface area contributed by atoms with Gasteiger partial charge in [-0.15, -0.1) is 0 Å². The molecule has 1 fully saturated rings. The van der Waals surface area contributed by atoms with Gasteiger partial charge in [-0.2, -0.15) is 8.42 Å². The molecule has 1 saturated heterocycles. The molecule has 0 aliphatic carbocycles. The van der Waals surface area contributed by atoms with E-state index >= 15 is 0 Å². The number of hydrogen-bond acceptors (Lipinski definition) is 5. The van der Waals surface area contributed by atoms with Crippen LogP contribution in [-0.4, -0.2) is 27.9 Å². The second-order valence-corrected chi connectivity index (χ2v) is 6.31. The van der Waals surface area contributed by atoms with Gasteiger partial charge in [-0.05, 0) is 44.4 Å². The number of rotatable bonds is 5. The zero-order valence-corrected chi connectivity index (χ0v) is 12.6. The Morgan fingerprint density at radius 2 is 2.15 bits per heavy atom. The van der Waals surface area contributed by atoms with Crippen molar-refractivity contribution in [1.29, 1.82) is 0 Å². The van der Waals surface area contributed by atoms with E-state index in [0.717, 1.165) is 24.8 Å². The summed E-state index contributed by atoms with van der Waals surface area (Å²) >= 11 is 0. The van der Waals surface area contributed by atoms with Gasteiger partial charge in [0.05, 0.1) is 13.2 Å². The van der Waals surface area contributed by atoms with Crippen molar-refractivity contribution in [2.45, 2.75) is 44.3 Å². The molecule has 1 atom stereocenters. The van der Waals surface area contributed by atoms with Crippen molar-refractivity contribution in [2.75, 3.05) is 13.2 Å². The van der Waals surface area contributed by atoms with Crippen LogP contribution in [-0.2, 0) is 19.0 Å². The molecular weight excluding hydrogens is 280 g/mol. The molecule has 0 aromatic heterocycles. The molecule has 1 heterocycles. The quantitative estimate of drug-likeness (QED) is 0.782. The van der Waals surface area contributed by atoms with E-state index in [1.54, 1.807) is 19.1 Å². The van der Waals surface area contributed by atoms with Crippen LogP contribution in [0.15, 0.2) is 23.1 Å². The van der Waals surface area contributed by atoms with Crippen molar-refractivity contribution in [3.63, 3.8) is 0 Å². The summed E-state index contributed by atoms with van der Waals surface area (Å²) in [6.45, 7) is 4.25. The van der Waals surface area contributed by atoms with Gasteiger partial charge in [0.25, 0.3) is 0 Å². The van der Waals surface area contributed by atoms with E-state index in [1.165, 1.54) is 6.07 Å². The Bertz CT molecular complexity index is 547. The van der Waals surface area contributed by atoms with Crippen LogP contribution >= 0.6 is 0 Å². The Morgan fingerprint density at radius 3 is 2.80 bits per heavy atom. The predicted molar refractivity (Wildman–Crippen MR) is 74.2 cm³/mol. The lowest BCUT2D eigenvalue weighted by molar-refractivity contribution is -0.107. The summed E-state index contributed by atoms with van der Waals surface area (Å²) in [5.74, 6) is 0.297. The first-order valence-corrected chi connectivity index (χ1v) is 8.22. The molecule has 0 amide bonds. The SMILES string of the molecule is CCOS(=O)(=O)c1ccc(C)cc1OC1CCCCO1. The fourth-order valence-electron chi connectivity index (χ4n) is 2.08. The Balaban J connectivity index is 2.28. The van der Waals surface area contributed by atoms with Crippen LogP contribution in [0, 0.1) is 6.92 Å². The van der Waals surface area contributed by atoms with Gasteiger partial charge in [0, 0.05) is 6.42 Å². The molecule has 1 aliphatic heterocycles. The second-order valence-electron chi connectivity index (χ2n) is 4.72. The Hall–Kier alpha value is -1.11. The molecule has 6 heteroatoms. The van der Waals surface area contributed by atoms with Crippen molar-refractivity contribution < 1.29 is 22.1 Å². The van der Waals surface area contributed by atoms with Crippen LogP contribution in [0.4, 0.5) is 0 Å². The highest BCUT2D eigenvalue weighted by molar-refractivity contribution is 7.86. The lowest BCUT2D eigenvalue weighted by Gasteiger charge is -2.24. The molecule has 1 aromatic carbocycles. The van der Waals surface area contributed by atoms with E-state index in [0.29, 0.717) is 12.4 Å². The van der Waals surface area contributed by atoms with Crippen LogP contribution < -0.4 is 4.74 Å². The molecule has 5 nitrogen and oxygen atoms in total. The summed E-state index contributed by atoms with van der Waals surface area (Å²) in [5, 5.41) is 0. The van der Waals surface area contributed by atoms with E-state index < -0.39 is 10.1 Å². The van der Waals surface area contributed by atoms with Crippen LogP contribution in [0.25, 0.3) is 0 Å². The van der Waals surface area contributed by atoms with Gasteiger partial charge in [0.15, 0.2) is 6.29 Å². The van der Waals surface area contributed by atoms with Gasteiger partial charge in [-0.1, -0.05) is 6.07 Å². The van der Waals surface area contributed by atoms with Crippen molar-refractivity contribution in [3.05, 3.63) is 23.8 Å². The van der Waals surface area contributed by atoms with Gasteiger partial charge >= 0.3 is 10.1 Å². The first-order chi connectivity index (χ1) is 9.53. The third kappa shape index (κ3) is 3.71. The summed E-state index contributed by atoms with van der Waals surface area (Å²) in [5.41, 5.74) is 0.922. The molecule has 20 heavy (non-hydrogen) atoms. The summed E-state index contributed by atoms with van der Waals surface area (Å²) < 4.78 is 40.2. The third-order valence-electron chi connectivity index (χ3n) is 3.04. The fourth-order valence-corrected chi connectivity index (χ4v) is 3.10. The highest BCUT2D eigenvalue weighted by atomic mass is 32.2. The fraction of sp³-hybridized carbons (Fsp3) is 0.571. The van der Waals surface area contributed by atoms with E-state index in [2.05, 4.69) is 0 Å². The molecule has 2 rings (SSSR count). The average molecular weight is 300 g/mol. The topological polar surface area (TPSA) is 61.8 Å². The molecule has 0 N–H and O–H groups in total. The predicted octanol–water partition coefficient (Wildman–Crippen LogP) is 2.63. The summed E-state index contributed by atoms with van der Waals surface area (Å²) in [4.78, 5) is 0.0547. The zero-order valence-electron chi connectivity index (χ0n) is 11.8. The minimum atomic E-state index is -3.79. The Morgan fingerprint density at radius 1 is 1.35 bits per heavy atom. The van der Waals surface area contributed by atoms with E-state index in [9.17, 15) is 8.42 Å². The highest BCUT2D eigenvalue weighted by Crippen LogP contribution is 2.29. The Kier molecular flexibility index (Phi) is 5.01. The normalized spacial score (nSPS) is 19.8. The number of hydrogen-bond donors (Lipinski definition) is 0. The molecule has 0 bridgehead atoms. The van der Waals surface area contributed by atoms with Gasteiger partial charge in [0.2, 0.25) is 0 Å². The van der Waals surface area contributed by atoms with Crippen LogP contribution in [0.2, 0.25) is 0 Å². The monoisotopic (exact) mass is 300 g/mol. The average Bonchev–Trinajstić information content (AvgIpc) is 2.39. The maximum Gasteiger partial charge on any atom is 0.300 e. The standard InChI is InChI=1S/C14H20O5S/c1-3-18-20(15,16)13-8-7-11(2)10-12(13)19-14-6-4-5-9-17-14/h7-8,10,14H,3-6,9H2,1-2H3. The van der Waals surface area contributed by atoms with Crippen molar-refractivity contribution in [2.24, 2.45) is 0 Å². The smallest absolute Gasteiger partial charge is 0.300 e. The minimum Gasteiger partial charge on any atom is -0.463 e. The molecule has 1 aliphatic rings. The van der Waals surface area contributed by atoms with Gasteiger partial charge in [-0.25, -0.2) is 0 Å². The first-order valence-electron chi connectivity index (χ1n) is 6.81. The van der Waals surface area contributed by atoms with E-state index in [1.807, 2.05) is 6.92 Å². The van der Waals surface area contributed by atoms with Crippen LogP contribution in [0.1, 0.15) is 31.7 Å². The van der Waals surface area contributed by atoms with Crippen molar-refractivity contribution in [3.8, 4) is 5.75 Å². The maximum absolute atomic E-state index is 12.1. The van der Waals surface area contributed by atoms with E-state index in [4.69, 9.17) is 13.7 Å². The highest BCUT2D eigenvalue weighted by Gasteiger charge is 2.23. The summed E-state index contributed by atoms with van der Waals surface area (Å²) in [6, 6.07) is 4.93. The molecule has 112 valence electrons. The maximum atomic E-state index is 12.1. The van der Waals surface area contributed by atoms with E-state index in [-0.39, 0.29) is 17.8 Å². The van der Waals surface area contributed by atoms with Crippen LogP contribution in [0.5, 0.6) is 5.75 Å². The number of benzene rings is 1. The summed E-state index contributed by atoms with van der Waals surface area (Å²) in [7, 11) is -3.79. The van der Waals surface area contributed by atoms with Gasteiger partial charge < -0.3 is 9.47 Å². The van der Waals surface area contributed by atoms with Crippen molar-refractivity contribution in [1.82, 2.24) is 0 Å². The number of ether oxygens (including phenoxy) is 2. The molecule has 0 radical (unpaired) electrons. The number of aryl methyl sites for hydroxylation is 1. The third-order valence-corrected chi connectivity index (χ3v) is 4.46. The Labute approximate surface area is 120 Å². The van der Waals surface area contributed by atoms with Gasteiger partial charge in [0.1, 0.15) is 10.6 Å². The molecule has 0 saturated carbocycles. The zero-order chi connectivity index (χ0) is 14.6. The molecule has 1 unspecified atom stereocenters. The molecule has 1 aromatic rings. The molecular formula is C14H20O5S. The lowest BCUT2D eigenvalue weighted by atomic mass is 10.2. The largest absolute Gasteiger partial charge is 0.463 e. The second kappa shape index (κ2) is 6.56. The lowest BCUT2D eigenvalue weighted by Crippen LogP contribution is -2.25. The summed E-state index contributed by atoms with van der Waals surface area (Å²) in [6.07, 6.45) is 2.41. The van der Waals surface area contributed by atoms with Crippen molar-refractivity contribution >= 4 is 10.1 Å². The first kappa shape index (κ1) is 15.3.